The molecule has 26 heavy (non-hydrogen) atoms. The highest BCUT2D eigenvalue weighted by Crippen LogP contribution is 2.26. The number of hydrogen-bond donors (Lipinski definition) is 1. The summed E-state index contributed by atoms with van der Waals surface area (Å²) in [5, 5.41) is 10.6. The number of nitro groups is 1. The quantitative estimate of drug-likeness (QED) is 0.431. The van der Waals surface area contributed by atoms with Gasteiger partial charge in [0.25, 0.3) is 11.6 Å². The molecule has 9 heteroatoms. The van der Waals surface area contributed by atoms with E-state index in [4.69, 9.17) is 19.9 Å². The number of carbonyl (C=O) groups excluding carboxylic acids is 2. The van der Waals surface area contributed by atoms with Gasteiger partial charge >= 0.3 is 5.97 Å². The van der Waals surface area contributed by atoms with Crippen LogP contribution >= 0.6 is 0 Å². The van der Waals surface area contributed by atoms with Crippen LogP contribution in [-0.4, -0.2) is 30.5 Å². The molecular weight excluding hydrogens is 344 g/mol. The van der Waals surface area contributed by atoms with Crippen molar-refractivity contribution in [1.29, 1.82) is 0 Å². The van der Waals surface area contributed by atoms with Gasteiger partial charge < -0.3 is 19.9 Å². The van der Waals surface area contributed by atoms with Crippen molar-refractivity contribution < 1.29 is 28.7 Å². The molecule has 0 radical (unpaired) electrons. The maximum absolute atomic E-state index is 12.2. The average molecular weight is 360 g/mol. The molecule has 1 amide bonds. The van der Waals surface area contributed by atoms with Crippen LogP contribution in [0.25, 0.3) is 0 Å². The molecule has 0 aliphatic heterocycles. The second-order valence-corrected chi connectivity index (χ2v) is 5.12. The SMILES string of the molecule is COc1cc(OCC(N)=O)ccc1C(=O)OCc1ccc([N+](=O)[O-])cc1. The monoisotopic (exact) mass is 360 g/mol. The fourth-order valence-electron chi connectivity index (χ4n) is 2.02. The van der Waals surface area contributed by atoms with E-state index in [0.29, 0.717) is 11.3 Å². The van der Waals surface area contributed by atoms with Gasteiger partial charge in [0.1, 0.15) is 23.7 Å². The summed E-state index contributed by atoms with van der Waals surface area (Å²) in [7, 11) is 1.38. The molecule has 2 aromatic carbocycles. The zero-order chi connectivity index (χ0) is 19.1. The first kappa shape index (κ1) is 18.7. The maximum Gasteiger partial charge on any atom is 0.342 e. The summed E-state index contributed by atoms with van der Waals surface area (Å²) in [6.07, 6.45) is 0. The smallest absolute Gasteiger partial charge is 0.342 e. The number of nitro benzene ring substituents is 1. The molecule has 0 saturated carbocycles. The van der Waals surface area contributed by atoms with Crippen LogP contribution in [0.1, 0.15) is 15.9 Å². The standard InChI is InChI=1S/C17H16N2O7/c1-24-15-8-13(25-10-16(18)20)6-7-14(15)17(21)26-9-11-2-4-12(5-3-11)19(22)23/h2-8H,9-10H2,1H3,(H2,18,20). The maximum atomic E-state index is 12.2. The average Bonchev–Trinajstić information content (AvgIpc) is 2.64. The first-order chi connectivity index (χ1) is 12.4. The van der Waals surface area contributed by atoms with E-state index in [2.05, 4.69) is 0 Å². The summed E-state index contributed by atoms with van der Waals surface area (Å²) in [6.45, 7) is -0.354. The van der Waals surface area contributed by atoms with Gasteiger partial charge in [0.05, 0.1) is 12.0 Å². The van der Waals surface area contributed by atoms with Gasteiger partial charge in [0.2, 0.25) is 0 Å². The predicted molar refractivity (Wildman–Crippen MR) is 89.9 cm³/mol. The number of primary amides is 1. The molecule has 2 rings (SSSR count). The summed E-state index contributed by atoms with van der Waals surface area (Å²) < 4.78 is 15.5. The largest absolute Gasteiger partial charge is 0.496 e. The Bertz CT molecular complexity index is 818. The van der Waals surface area contributed by atoms with Gasteiger partial charge in [-0.25, -0.2) is 4.79 Å². The van der Waals surface area contributed by atoms with E-state index in [1.807, 2.05) is 0 Å². The minimum Gasteiger partial charge on any atom is -0.496 e. The van der Waals surface area contributed by atoms with Crippen molar-refractivity contribution in [3.8, 4) is 11.5 Å². The molecule has 0 fully saturated rings. The van der Waals surface area contributed by atoms with Crippen molar-refractivity contribution in [3.63, 3.8) is 0 Å². The summed E-state index contributed by atoms with van der Waals surface area (Å²) in [4.78, 5) is 33.1. The molecular formula is C17H16N2O7. The van der Waals surface area contributed by atoms with E-state index in [0.717, 1.165) is 0 Å². The molecule has 0 unspecified atom stereocenters. The van der Waals surface area contributed by atoms with Crippen LogP contribution in [0.4, 0.5) is 5.69 Å². The van der Waals surface area contributed by atoms with Gasteiger partial charge in [-0.1, -0.05) is 0 Å². The third-order valence-corrected chi connectivity index (χ3v) is 3.29. The fourth-order valence-corrected chi connectivity index (χ4v) is 2.02. The summed E-state index contributed by atoms with van der Waals surface area (Å²) >= 11 is 0. The molecule has 2 aromatic rings. The zero-order valence-electron chi connectivity index (χ0n) is 13.8. The van der Waals surface area contributed by atoms with Crippen molar-refractivity contribution in [2.24, 2.45) is 5.73 Å². The highest BCUT2D eigenvalue weighted by molar-refractivity contribution is 5.92. The van der Waals surface area contributed by atoms with Crippen LogP contribution in [0.15, 0.2) is 42.5 Å². The number of amides is 1. The summed E-state index contributed by atoms with van der Waals surface area (Å²) in [6, 6.07) is 10.0. The van der Waals surface area contributed by atoms with Gasteiger partial charge in [0, 0.05) is 18.2 Å². The predicted octanol–water partition coefficient (Wildman–Crippen LogP) is 1.82. The highest BCUT2D eigenvalue weighted by Gasteiger charge is 2.15. The Hall–Kier alpha value is -3.62. The van der Waals surface area contributed by atoms with Gasteiger partial charge in [0.15, 0.2) is 6.61 Å². The lowest BCUT2D eigenvalue weighted by Gasteiger charge is -2.11. The van der Waals surface area contributed by atoms with Crippen LogP contribution < -0.4 is 15.2 Å². The van der Waals surface area contributed by atoms with E-state index in [9.17, 15) is 19.7 Å². The lowest BCUT2D eigenvalue weighted by atomic mass is 10.2. The van der Waals surface area contributed by atoms with Crippen molar-refractivity contribution in [2.45, 2.75) is 6.61 Å². The van der Waals surface area contributed by atoms with Gasteiger partial charge in [-0.2, -0.15) is 0 Å². The molecule has 9 nitrogen and oxygen atoms in total. The molecule has 0 heterocycles. The summed E-state index contributed by atoms with van der Waals surface area (Å²) in [5.41, 5.74) is 5.72. The number of carbonyl (C=O) groups is 2. The van der Waals surface area contributed by atoms with Crippen LogP contribution in [0.2, 0.25) is 0 Å². The molecule has 0 spiro atoms. The van der Waals surface area contributed by atoms with Crippen molar-refractivity contribution in [3.05, 3.63) is 63.7 Å². The number of rotatable bonds is 8. The second kappa shape index (κ2) is 8.47. The van der Waals surface area contributed by atoms with Gasteiger partial charge in [-0.3, -0.25) is 14.9 Å². The Morgan fingerprint density at radius 3 is 2.42 bits per heavy atom. The van der Waals surface area contributed by atoms with Crippen LogP contribution in [0.5, 0.6) is 11.5 Å². The number of ether oxygens (including phenoxy) is 3. The van der Waals surface area contributed by atoms with E-state index >= 15 is 0 Å². The molecule has 2 N–H and O–H groups in total. The number of nitrogens with zero attached hydrogens (tertiary/aromatic N) is 1. The number of benzene rings is 2. The number of nitrogens with two attached hydrogens (primary N) is 1. The van der Waals surface area contributed by atoms with Crippen molar-refractivity contribution >= 4 is 17.6 Å². The third-order valence-electron chi connectivity index (χ3n) is 3.29. The minimum atomic E-state index is -0.637. The number of esters is 1. The van der Waals surface area contributed by atoms with E-state index in [1.165, 1.54) is 49.6 Å². The molecule has 0 aliphatic carbocycles. The van der Waals surface area contributed by atoms with Crippen LogP contribution in [0.3, 0.4) is 0 Å². The summed E-state index contributed by atoms with van der Waals surface area (Å²) in [5.74, 6) is -0.745. The normalized spacial score (nSPS) is 10.0. The van der Waals surface area contributed by atoms with Crippen molar-refractivity contribution in [2.75, 3.05) is 13.7 Å². The Morgan fingerprint density at radius 1 is 1.15 bits per heavy atom. The molecule has 0 atom stereocenters. The van der Waals surface area contributed by atoms with E-state index in [-0.39, 0.29) is 30.2 Å². The molecule has 136 valence electrons. The fraction of sp³-hybridized carbons (Fsp3) is 0.176. The number of hydrogen-bond acceptors (Lipinski definition) is 7. The van der Waals surface area contributed by atoms with Crippen LogP contribution in [-0.2, 0) is 16.1 Å². The first-order valence-corrected chi connectivity index (χ1v) is 7.40. The van der Waals surface area contributed by atoms with E-state index in [1.54, 1.807) is 0 Å². The minimum absolute atomic E-state index is 0.0479. The second-order valence-electron chi connectivity index (χ2n) is 5.12. The molecule has 0 aromatic heterocycles. The Morgan fingerprint density at radius 2 is 1.85 bits per heavy atom. The lowest BCUT2D eigenvalue weighted by Crippen LogP contribution is -2.20. The highest BCUT2D eigenvalue weighted by atomic mass is 16.6. The Balaban J connectivity index is 2.03. The molecule has 0 bridgehead atoms. The Kier molecular flexibility index (Phi) is 6.10. The molecule has 0 saturated heterocycles. The van der Waals surface area contributed by atoms with Crippen molar-refractivity contribution in [1.82, 2.24) is 0 Å². The number of methoxy groups -OCH3 is 1. The van der Waals surface area contributed by atoms with Gasteiger partial charge in [-0.05, 0) is 29.8 Å². The first-order valence-electron chi connectivity index (χ1n) is 7.40. The number of non-ortho nitro benzene ring substituents is 1. The van der Waals surface area contributed by atoms with Crippen LogP contribution in [0, 0.1) is 10.1 Å². The van der Waals surface area contributed by atoms with E-state index < -0.39 is 16.8 Å². The zero-order valence-corrected chi connectivity index (χ0v) is 13.8. The van der Waals surface area contributed by atoms with Gasteiger partial charge in [-0.15, -0.1) is 0 Å². The third kappa shape index (κ3) is 4.94. The molecule has 0 aliphatic rings. The topological polar surface area (TPSA) is 131 Å². The Labute approximate surface area is 148 Å². The lowest BCUT2D eigenvalue weighted by molar-refractivity contribution is -0.384.